The van der Waals surface area contributed by atoms with Crippen LogP contribution < -0.4 is 10.6 Å². The van der Waals surface area contributed by atoms with Crippen LogP contribution in [-0.2, 0) is 20.7 Å². The minimum atomic E-state index is 0. The molecule has 2 aliphatic heterocycles. The number of hydrogen-bond acceptors (Lipinski definition) is 4. The molecular formula is C24H39IN4O3. The number of carbonyl (C=O) groups excluding carboxylic acids is 1. The fraction of sp³-hybridized carbons (Fsp3) is 0.667. The Bertz CT molecular complexity index is 690. The molecule has 2 heterocycles. The Morgan fingerprint density at radius 1 is 1.25 bits per heavy atom. The summed E-state index contributed by atoms with van der Waals surface area (Å²) in [7, 11) is 0. The molecule has 2 unspecified atom stereocenters. The van der Waals surface area contributed by atoms with E-state index < -0.39 is 0 Å². The zero-order chi connectivity index (χ0) is 21.9. The van der Waals surface area contributed by atoms with Gasteiger partial charge < -0.3 is 25.0 Å². The van der Waals surface area contributed by atoms with Gasteiger partial charge in [0.2, 0.25) is 5.91 Å². The Morgan fingerprint density at radius 3 is 2.66 bits per heavy atom. The number of guanidine groups is 1. The number of piperidine rings is 1. The minimum absolute atomic E-state index is 0. The predicted octanol–water partition coefficient (Wildman–Crippen LogP) is 2.83. The summed E-state index contributed by atoms with van der Waals surface area (Å²) in [6.45, 7) is 8.68. The Hall–Kier alpha value is -1.39. The lowest BCUT2D eigenvalue weighted by atomic mass is 9.90. The molecule has 0 radical (unpaired) electrons. The van der Waals surface area contributed by atoms with E-state index in [-0.39, 0.29) is 48.6 Å². The molecule has 2 aliphatic rings. The molecular weight excluding hydrogens is 519 g/mol. The second kappa shape index (κ2) is 14.7. The quantitative estimate of drug-likeness (QED) is 0.277. The second-order valence-corrected chi connectivity index (χ2v) is 8.57. The van der Waals surface area contributed by atoms with Gasteiger partial charge in [0.25, 0.3) is 0 Å². The predicted molar refractivity (Wildman–Crippen MR) is 139 cm³/mol. The van der Waals surface area contributed by atoms with Gasteiger partial charge in [0.1, 0.15) is 6.54 Å². The number of benzene rings is 1. The van der Waals surface area contributed by atoms with Gasteiger partial charge in [0, 0.05) is 32.3 Å². The number of amides is 1. The van der Waals surface area contributed by atoms with Crippen molar-refractivity contribution in [1.82, 2.24) is 15.5 Å². The number of carbonyl (C=O) groups is 1. The molecule has 1 aromatic rings. The van der Waals surface area contributed by atoms with E-state index in [2.05, 4.69) is 52.9 Å². The van der Waals surface area contributed by atoms with Crippen molar-refractivity contribution in [2.45, 2.75) is 51.7 Å². The highest BCUT2D eigenvalue weighted by Crippen LogP contribution is 2.21. The standard InChI is InChI=1S/C24H38N4O3.HI/c1-3-25-24(27-19(2)17-31-22-11-14-30-18-22)26-16-23(29)28-12-9-21(10-13-28)15-20-7-5-4-6-8-20;/h4-8,19,21-22H,3,9-18H2,1-2H3,(H2,25,26,27);1H. The molecule has 0 aliphatic carbocycles. The van der Waals surface area contributed by atoms with Gasteiger partial charge in [-0.25, -0.2) is 4.99 Å². The molecule has 2 atom stereocenters. The maximum absolute atomic E-state index is 12.7. The number of hydrogen-bond donors (Lipinski definition) is 2. The number of halogens is 1. The summed E-state index contributed by atoms with van der Waals surface area (Å²) in [5, 5.41) is 6.56. The van der Waals surface area contributed by atoms with Crippen LogP contribution in [0.15, 0.2) is 35.3 Å². The normalized spacial score (nSPS) is 20.5. The first-order valence-corrected chi connectivity index (χ1v) is 11.7. The molecule has 32 heavy (non-hydrogen) atoms. The van der Waals surface area contributed by atoms with Gasteiger partial charge in [-0.2, -0.15) is 0 Å². The molecule has 2 fully saturated rings. The van der Waals surface area contributed by atoms with Crippen LogP contribution in [-0.4, -0.2) is 74.9 Å². The maximum Gasteiger partial charge on any atom is 0.244 e. The Kier molecular flexibility index (Phi) is 12.3. The van der Waals surface area contributed by atoms with Crippen LogP contribution in [0.5, 0.6) is 0 Å². The largest absolute Gasteiger partial charge is 0.379 e. The molecule has 2 N–H and O–H groups in total. The zero-order valence-electron chi connectivity index (χ0n) is 19.4. The van der Waals surface area contributed by atoms with Gasteiger partial charge in [-0.1, -0.05) is 30.3 Å². The van der Waals surface area contributed by atoms with Gasteiger partial charge in [0.15, 0.2) is 5.96 Å². The Morgan fingerprint density at radius 2 is 2.00 bits per heavy atom. The van der Waals surface area contributed by atoms with E-state index in [0.717, 1.165) is 51.9 Å². The molecule has 7 nitrogen and oxygen atoms in total. The van der Waals surface area contributed by atoms with Crippen LogP contribution >= 0.6 is 24.0 Å². The third-order valence-electron chi connectivity index (χ3n) is 5.90. The second-order valence-electron chi connectivity index (χ2n) is 8.57. The van der Waals surface area contributed by atoms with Gasteiger partial charge in [-0.15, -0.1) is 24.0 Å². The lowest BCUT2D eigenvalue weighted by molar-refractivity contribution is -0.130. The van der Waals surface area contributed by atoms with E-state index in [9.17, 15) is 4.79 Å². The van der Waals surface area contributed by atoms with Gasteiger partial charge in [-0.05, 0) is 51.0 Å². The van der Waals surface area contributed by atoms with E-state index in [1.165, 1.54) is 5.56 Å². The molecule has 0 bridgehead atoms. The van der Waals surface area contributed by atoms with Gasteiger partial charge in [-0.3, -0.25) is 4.79 Å². The highest BCUT2D eigenvalue weighted by atomic mass is 127. The summed E-state index contributed by atoms with van der Waals surface area (Å²) in [6.07, 6.45) is 4.36. The molecule has 1 aromatic carbocycles. The van der Waals surface area contributed by atoms with Crippen LogP contribution in [0.25, 0.3) is 0 Å². The summed E-state index contributed by atoms with van der Waals surface area (Å²) < 4.78 is 11.2. The van der Waals surface area contributed by atoms with Crippen LogP contribution in [0.4, 0.5) is 0 Å². The lowest BCUT2D eigenvalue weighted by Crippen LogP contribution is -2.45. The average molecular weight is 559 g/mol. The van der Waals surface area contributed by atoms with Crippen LogP contribution in [0.3, 0.4) is 0 Å². The van der Waals surface area contributed by atoms with Crippen LogP contribution in [0, 0.1) is 5.92 Å². The maximum atomic E-state index is 12.7. The Labute approximate surface area is 209 Å². The molecule has 0 spiro atoms. The van der Waals surface area contributed by atoms with E-state index in [4.69, 9.17) is 9.47 Å². The van der Waals surface area contributed by atoms with Gasteiger partial charge >= 0.3 is 0 Å². The molecule has 0 saturated carbocycles. The van der Waals surface area contributed by atoms with Crippen LogP contribution in [0.2, 0.25) is 0 Å². The monoisotopic (exact) mass is 558 g/mol. The van der Waals surface area contributed by atoms with Crippen molar-refractivity contribution in [2.75, 3.05) is 46.0 Å². The van der Waals surface area contributed by atoms with Crippen LogP contribution in [0.1, 0.15) is 38.7 Å². The minimum Gasteiger partial charge on any atom is -0.379 e. The zero-order valence-corrected chi connectivity index (χ0v) is 21.8. The molecule has 180 valence electrons. The summed E-state index contributed by atoms with van der Waals surface area (Å²) in [6, 6.07) is 10.7. The van der Waals surface area contributed by atoms with E-state index >= 15 is 0 Å². The summed E-state index contributed by atoms with van der Waals surface area (Å²) >= 11 is 0. The molecule has 1 amide bonds. The smallest absolute Gasteiger partial charge is 0.244 e. The highest BCUT2D eigenvalue weighted by Gasteiger charge is 2.23. The topological polar surface area (TPSA) is 75.2 Å². The number of ether oxygens (including phenoxy) is 2. The van der Waals surface area contributed by atoms with Crippen molar-refractivity contribution in [1.29, 1.82) is 0 Å². The molecule has 8 heteroatoms. The van der Waals surface area contributed by atoms with Crippen molar-refractivity contribution in [2.24, 2.45) is 10.9 Å². The molecule has 2 saturated heterocycles. The fourth-order valence-corrected chi connectivity index (χ4v) is 4.10. The third-order valence-corrected chi connectivity index (χ3v) is 5.90. The number of likely N-dealkylation sites (tertiary alicyclic amines) is 1. The number of rotatable bonds is 9. The van der Waals surface area contributed by atoms with Crippen molar-refractivity contribution in [3.8, 4) is 0 Å². The first-order chi connectivity index (χ1) is 15.1. The number of nitrogens with zero attached hydrogens (tertiary/aromatic N) is 2. The lowest BCUT2D eigenvalue weighted by Gasteiger charge is -2.32. The number of nitrogens with one attached hydrogen (secondary N) is 2. The molecule has 3 rings (SSSR count). The fourth-order valence-electron chi connectivity index (χ4n) is 4.10. The first kappa shape index (κ1) is 26.9. The van der Waals surface area contributed by atoms with Crippen molar-refractivity contribution < 1.29 is 14.3 Å². The number of aliphatic imine (C=N–C) groups is 1. The van der Waals surface area contributed by atoms with Crippen molar-refractivity contribution in [3.63, 3.8) is 0 Å². The summed E-state index contributed by atoms with van der Waals surface area (Å²) in [5.41, 5.74) is 1.39. The van der Waals surface area contributed by atoms with E-state index in [1.54, 1.807) is 0 Å². The first-order valence-electron chi connectivity index (χ1n) is 11.7. The Balaban J connectivity index is 0.00000363. The van der Waals surface area contributed by atoms with E-state index in [1.807, 2.05) is 11.8 Å². The third kappa shape index (κ3) is 9.23. The van der Waals surface area contributed by atoms with E-state index in [0.29, 0.717) is 25.1 Å². The molecule has 0 aromatic heterocycles. The van der Waals surface area contributed by atoms with Gasteiger partial charge in [0.05, 0.1) is 19.3 Å². The SMILES string of the molecule is CCNC(=NCC(=O)N1CCC(Cc2ccccc2)CC1)NC(C)COC1CCOC1.I. The summed E-state index contributed by atoms with van der Waals surface area (Å²) in [5.74, 6) is 1.41. The van der Waals surface area contributed by atoms with Crippen molar-refractivity contribution >= 4 is 35.8 Å². The highest BCUT2D eigenvalue weighted by molar-refractivity contribution is 14.0. The summed E-state index contributed by atoms with van der Waals surface area (Å²) in [4.78, 5) is 19.2. The average Bonchev–Trinajstić information content (AvgIpc) is 3.31. The van der Waals surface area contributed by atoms with Crippen molar-refractivity contribution in [3.05, 3.63) is 35.9 Å².